The second kappa shape index (κ2) is 9.12. The molecule has 0 unspecified atom stereocenters. The maximum Gasteiger partial charge on any atom is 0.254 e. The molecule has 0 fully saturated rings. The first-order valence-electron chi connectivity index (χ1n) is 8.06. The minimum Gasteiger partial charge on any atom is -0.331 e. The van der Waals surface area contributed by atoms with Gasteiger partial charge >= 0.3 is 0 Å². The summed E-state index contributed by atoms with van der Waals surface area (Å²) in [4.78, 5) is 14.2. The van der Waals surface area contributed by atoms with Gasteiger partial charge in [-0.3, -0.25) is 4.79 Å². The Bertz CT molecular complexity index is 963. The zero-order valence-corrected chi connectivity index (χ0v) is 15.4. The van der Waals surface area contributed by atoms with Gasteiger partial charge in [0.05, 0.1) is 11.4 Å². The molecule has 2 rings (SSSR count). The predicted molar refractivity (Wildman–Crippen MR) is 102 cm³/mol. The second-order valence-electron chi connectivity index (χ2n) is 5.62. The monoisotopic (exact) mass is 386 g/mol. The van der Waals surface area contributed by atoms with E-state index in [9.17, 15) is 17.6 Å². The molecular weight excluding hydrogens is 367 g/mol. The Morgan fingerprint density at radius 3 is 2.48 bits per heavy atom. The number of halogens is 1. The first kappa shape index (κ1) is 20.4. The Kier molecular flexibility index (Phi) is 6.88. The molecule has 2 aromatic rings. The lowest BCUT2D eigenvalue weighted by Crippen LogP contribution is -2.31. The van der Waals surface area contributed by atoms with Crippen LogP contribution in [0.3, 0.4) is 0 Å². The number of amides is 1. The second-order valence-corrected chi connectivity index (χ2v) is 7.39. The van der Waals surface area contributed by atoms with E-state index in [1.165, 1.54) is 35.2 Å². The molecule has 1 N–H and O–H groups in total. The lowest BCUT2D eigenvalue weighted by molar-refractivity contribution is 0.0761. The third kappa shape index (κ3) is 5.26. The Morgan fingerprint density at radius 1 is 1.22 bits per heavy atom. The van der Waals surface area contributed by atoms with E-state index in [0.29, 0.717) is 5.56 Å². The van der Waals surface area contributed by atoms with E-state index in [1.807, 2.05) is 0 Å². The van der Waals surface area contributed by atoms with Crippen LogP contribution in [0.15, 0.2) is 66.1 Å². The number of rotatable bonds is 8. The van der Waals surface area contributed by atoms with Crippen LogP contribution >= 0.6 is 0 Å². The fourth-order valence-electron chi connectivity index (χ4n) is 2.39. The van der Waals surface area contributed by atoms with Crippen LogP contribution in [-0.2, 0) is 16.6 Å². The maximum atomic E-state index is 13.9. The normalized spacial score (nSPS) is 10.8. The van der Waals surface area contributed by atoms with Crippen molar-refractivity contribution in [2.24, 2.45) is 0 Å². The molecule has 27 heavy (non-hydrogen) atoms. The summed E-state index contributed by atoms with van der Waals surface area (Å²) >= 11 is 0. The van der Waals surface area contributed by atoms with E-state index >= 15 is 0 Å². The summed E-state index contributed by atoms with van der Waals surface area (Å²) in [5.41, 5.74) is 0.662. The molecule has 140 valence electrons. The van der Waals surface area contributed by atoms with E-state index in [2.05, 4.69) is 17.2 Å². The Hall–Kier alpha value is -2.95. The van der Waals surface area contributed by atoms with Crippen molar-refractivity contribution in [2.75, 3.05) is 13.1 Å². The van der Waals surface area contributed by atoms with Gasteiger partial charge in [-0.15, -0.1) is 13.0 Å². The molecule has 0 bridgehead atoms. The van der Waals surface area contributed by atoms with E-state index in [0.717, 1.165) is 0 Å². The van der Waals surface area contributed by atoms with Crippen molar-refractivity contribution in [3.8, 4) is 12.3 Å². The van der Waals surface area contributed by atoms with E-state index in [4.69, 9.17) is 6.42 Å². The molecule has 0 aliphatic heterocycles. The van der Waals surface area contributed by atoms with Crippen LogP contribution in [0.2, 0.25) is 0 Å². The summed E-state index contributed by atoms with van der Waals surface area (Å²) in [5.74, 6) is 1.42. The molecule has 0 aromatic heterocycles. The van der Waals surface area contributed by atoms with E-state index in [1.54, 1.807) is 24.3 Å². The number of sulfonamides is 1. The van der Waals surface area contributed by atoms with Gasteiger partial charge in [0.1, 0.15) is 5.82 Å². The first-order chi connectivity index (χ1) is 12.9. The smallest absolute Gasteiger partial charge is 0.254 e. The van der Waals surface area contributed by atoms with Gasteiger partial charge in [-0.05, 0) is 30.3 Å². The van der Waals surface area contributed by atoms with Crippen LogP contribution in [0.1, 0.15) is 15.9 Å². The van der Waals surface area contributed by atoms with Gasteiger partial charge < -0.3 is 4.90 Å². The SMILES string of the molecule is C#CCNS(=O)(=O)c1ccc(C(=O)N(CC=C)Cc2ccccc2F)cc1. The summed E-state index contributed by atoms with van der Waals surface area (Å²) < 4.78 is 40.2. The molecule has 2 aromatic carbocycles. The lowest BCUT2D eigenvalue weighted by atomic mass is 10.1. The van der Waals surface area contributed by atoms with Crippen molar-refractivity contribution < 1.29 is 17.6 Å². The van der Waals surface area contributed by atoms with Crippen molar-refractivity contribution in [3.05, 3.63) is 78.1 Å². The highest BCUT2D eigenvalue weighted by molar-refractivity contribution is 7.89. The number of carbonyl (C=O) groups excluding carboxylic acids is 1. The summed E-state index contributed by atoms with van der Waals surface area (Å²) in [6.45, 7) is 3.79. The summed E-state index contributed by atoms with van der Waals surface area (Å²) in [6.07, 6.45) is 6.59. The molecule has 0 heterocycles. The quantitative estimate of drug-likeness (QED) is 0.560. The number of terminal acetylenes is 1. The zero-order chi connectivity index (χ0) is 19.9. The molecule has 5 nitrogen and oxygen atoms in total. The predicted octanol–water partition coefficient (Wildman–Crippen LogP) is 2.57. The number of nitrogens with one attached hydrogen (secondary N) is 1. The Morgan fingerprint density at radius 2 is 1.89 bits per heavy atom. The number of carbonyl (C=O) groups is 1. The van der Waals surface area contributed by atoms with Crippen LogP contribution in [0.5, 0.6) is 0 Å². The van der Waals surface area contributed by atoms with Crippen LogP contribution < -0.4 is 4.72 Å². The molecule has 0 saturated carbocycles. The van der Waals surface area contributed by atoms with Crippen LogP contribution in [0.4, 0.5) is 4.39 Å². The fraction of sp³-hybridized carbons (Fsp3) is 0.150. The fourth-order valence-corrected chi connectivity index (χ4v) is 3.32. The van der Waals surface area contributed by atoms with Crippen LogP contribution in [0.25, 0.3) is 0 Å². The average molecular weight is 386 g/mol. The van der Waals surface area contributed by atoms with Crippen molar-refractivity contribution in [3.63, 3.8) is 0 Å². The standard InChI is InChI=1S/C20H19FN2O3S/c1-3-13-22-27(25,26)18-11-9-16(10-12-18)20(24)23(14-4-2)15-17-7-5-6-8-19(17)21/h1,4-12,22H,2,13-15H2. The van der Waals surface area contributed by atoms with Gasteiger partial charge in [0.15, 0.2) is 0 Å². The van der Waals surface area contributed by atoms with Gasteiger partial charge in [-0.25, -0.2) is 12.8 Å². The lowest BCUT2D eigenvalue weighted by Gasteiger charge is -2.21. The van der Waals surface area contributed by atoms with Crippen molar-refractivity contribution in [1.82, 2.24) is 9.62 Å². The largest absolute Gasteiger partial charge is 0.331 e. The Balaban J connectivity index is 2.22. The van der Waals surface area contributed by atoms with Gasteiger partial charge in [0.2, 0.25) is 10.0 Å². The topological polar surface area (TPSA) is 66.5 Å². The van der Waals surface area contributed by atoms with Gasteiger partial charge in [0, 0.05) is 24.2 Å². The van der Waals surface area contributed by atoms with Crippen molar-refractivity contribution in [1.29, 1.82) is 0 Å². The molecule has 0 saturated heterocycles. The highest BCUT2D eigenvalue weighted by Crippen LogP contribution is 2.15. The first-order valence-corrected chi connectivity index (χ1v) is 9.54. The average Bonchev–Trinajstić information content (AvgIpc) is 2.67. The van der Waals surface area contributed by atoms with Crippen molar-refractivity contribution in [2.45, 2.75) is 11.4 Å². The van der Waals surface area contributed by atoms with E-state index < -0.39 is 15.8 Å². The van der Waals surface area contributed by atoms with Crippen molar-refractivity contribution >= 4 is 15.9 Å². The molecule has 0 radical (unpaired) electrons. The minimum atomic E-state index is -3.73. The van der Waals surface area contributed by atoms with Gasteiger partial charge in [-0.1, -0.05) is 30.2 Å². The maximum absolute atomic E-state index is 13.9. The summed E-state index contributed by atoms with van der Waals surface area (Å²) in [5, 5.41) is 0. The molecule has 7 heteroatoms. The third-order valence-corrected chi connectivity index (χ3v) is 5.15. The third-order valence-electron chi connectivity index (χ3n) is 3.73. The molecule has 0 aliphatic carbocycles. The van der Waals surface area contributed by atoms with Crippen LogP contribution in [-0.4, -0.2) is 32.3 Å². The highest BCUT2D eigenvalue weighted by atomic mass is 32.2. The molecule has 0 spiro atoms. The number of nitrogens with zero attached hydrogens (tertiary/aromatic N) is 1. The van der Waals surface area contributed by atoms with Gasteiger partial charge in [-0.2, -0.15) is 4.72 Å². The number of benzene rings is 2. The Labute approximate surface area is 158 Å². The molecule has 0 atom stereocenters. The molecule has 0 aliphatic rings. The zero-order valence-electron chi connectivity index (χ0n) is 14.6. The van der Waals surface area contributed by atoms with E-state index in [-0.39, 0.29) is 36.0 Å². The van der Waals surface area contributed by atoms with Crippen LogP contribution in [0, 0.1) is 18.2 Å². The minimum absolute atomic E-state index is 0.00123. The molecule has 1 amide bonds. The summed E-state index contributed by atoms with van der Waals surface area (Å²) in [7, 11) is -3.73. The van der Waals surface area contributed by atoms with Gasteiger partial charge in [0.25, 0.3) is 5.91 Å². The number of hydrogen-bond acceptors (Lipinski definition) is 3. The summed E-state index contributed by atoms with van der Waals surface area (Å²) in [6, 6.07) is 11.7. The highest BCUT2D eigenvalue weighted by Gasteiger charge is 2.18. The number of hydrogen-bond donors (Lipinski definition) is 1. The molecular formula is C20H19FN2O3S.